The van der Waals surface area contributed by atoms with Crippen LogP contribution in [0.25, 0.3) is 0 Å². The fourth-order valence-electron chi connectivity index (χ4n) is 5.50. The fourth-order valence-corrected chi connectivity index (χ4v) is 5.50. The summed E-state index contributed by atoms with van der Waals surface area (Å²) < 4.78 is 42.3. The van der Waals surface area contributed by atoms with Crippen molar-refractivity contribution in [3.63, 3.8) is 0 Å². The molecule has 0 aromatic heterocycles. The largest absolute Gasteiger partial charge is 0.504 e. The molecule has 3 N–H and O–H groups in total. The highest BCUT2D eigenvalue weighted by atomic mass is 16.8. The van der Waals surface area contributed by atoms with Gasteiger partial charge < -0.3 is 48.5 Å². The Bertz CT molecular complexity index is 1420. The molecule has 0 amide bonds. The van der Waals surface area contributed by atoms with Crippen molar-refractivity contribution >= 4 is 17.9 Å². The minimum absolute atomic E-state index is 0.00860. The minimum atomic E-state index is -1.73. The van der Waals surface area contributed by atoms with Crippen molar-refractivity contribution in [2.45, 2.75) is 150 Å². The lowest BCUT2D eigenvalue weighted by Gasteiger charge is -2.47. The van der Waals surface area contributed by atoms with Crippen LogP contribution in [-0.2, 0) is 42.8 Å². The van der Waals surface area contributed by atoms with E-state index < -0.39 is 79.3 Å². The molecule has 0 bridgehead atoms. The average Bonchev–Trinajstić information content (AvgIpc) is 3.05. The van der Waals surface area contributed by atoms with Crippen LogP contribution < -0.4 is 4.74 Å². The lowest BCUT2D eigenvalue weighted by molar-refractivity contribution is -0.348. The van der Waals surface area contributed by atoms with Crippen molar-refractivity contribution in [3.05, 3.63) is 46.6 Å². The number of ether oxygens (including phenoxy) is 7. The van der Waals surface area contributed by atoms with E-state index in [0.717, 1.165) is 0 Å². The minimum Gasteiger partial charge on any atom is -0.504 e. The van der Waals surface area contributed by atoms with E-state index in [0.29, 0.717) is 11.1 Å². The normalized spacial score (nSPS) is 30.6. The highest BCUT2D eigenvalue weighted by Gasteiger charge is 2.55. The number of hydrogen-bond donors (Lipinski definition) is 3. The zero-order valence-electron chi connectivity index (χ0n) is 30.9. The predicted molar refractivity (Wildman–Crippen MR) is 181 cm³/mol. The number of benzene rings is 1. The number of carbonyl (C=O) groups is 3. The molecule has 3 rings (SSSR count). The summed E-state index contributed by atoms with van der Waals surface area (Å²) in [6.45, 7) is 18.7. The number of aliphatic hydroxyl groups excluding tert-OH is 2. The molecule has 0 radical (unpaired) electrons. The van der Waals surface area contributed by atoms with E-state index in [2.05, 4.69) is 0 Å². The van der Waals surface area contributed by atoms with Gasteiger partial charge in [0.2, 0.25) is 6.29 Å². The molecular formula is C37H54O13. The lowest BCUT2D eigenvalue weighted by atomic mass is 9.96. The van der Waals surface area contributed by atoms with E-state index >= 15 is 0 Å². The molecule has 0 unspecified atom stereocenters. The molecule has 2 aliphatic rings. The van der Waals surface area contributed by atoms with Crippen LogP contribution >= 0.6 is 0 Å². The van der Waals surface area contributed by atoms with Gasteiger partial charge in [-0.1, -0.05) is 52.0 Å². The summed E-state index contributed by atoms with van der Waals surface area (Å²) in [4.78, 5) is 39.1. The Labute approximate surface area is 294 Å². The number of carbonyl (C=O) groups excluding carboxylic acids is 3. The Balaban J connectivity index is 2.15. The zero-order valence-corrected chi connectivity index (χ0v) is 30.9. The van der Waals surface area contributed by atoms with E-state index in [-0.39, 0.29) is 40.9 Å². The number of aromatic hydroxyl groups is 1. The van der Waals surface area contributed by atoms with Gasteiger partial charge in [-0.15, -0.1) is 0 Å². The van der Waals surface area contributed by atoms with Crippen molar-refractivity contribution in [2.24, 2.45) is 5.92 Å². The van der Waals surface area contributed by atoms with Crippen molar-refractivity contribution in [1.82, 2.24) is 0 Å². The van der Waals surface area contributed by atoms with Gasteiger partial charge in [-0.3, -0.25) is 4.79 Å². The molecule has 10 atom stereocenters. The molecular weight excluding hydrogens is 652 g/mol. The number of aryl methyl sites for hydroxylation is 1. The number of hydrogen-bond acceptors (Lipinski definition) is 13. The standard InChI is InChI=1S/C37H54O13/c1-12-19(7)34(42)47-29-23(11)45-37(49-30-24(18(5)6)15-14-21(9)26(30)39)33(46-25(38)16-17(3)4)32(29)50-36-28(41)31(27(40)22(10)44-36)48-35(43)20(8)13-2/h12-15,17-18,22-23,27-29,31-33,36-37,39-41H,16H2,1-11H3/b19-12-,20-13-/t22-,23-,27+,28-,29+,31+,32+,33-,36+,37+/m1/s1. The molecule has 1 aromatic rings. The Morgan fingerprint density at radius 2 is 1.36 bits per heavy atom. The van der Waals surface area contributed by atoms with Gasteiger partial charge in [0.25, 0.3) is 0 Å². The van der Waals surface area contributed by atoms with Gasteiger partial charge in [0.05, 0.1) is 12.2 Å². The van der Waals surface area contributed by atoms with E-state index in [9.17, 15) is 29.7 Å². The van der Waals surface area contributed by atoms with Gasteiger partial charge in [-0.25, -0.2) is 9.59 Å². The Morgan fingerprint density at radius 3 is 1.90 bits per heavy atom. The SMILES string of the molecule is C/C=C(/C)C(=O)O[C@H]1[C@@H](O)[C@@H](C)O[C@@H](O[C@H]2[C@@H](OC(=O)/C(C)=C\C)[C@@H](C)O[C@@H](Oc3c(C(C)C)ccc(C)c3O)[C@@H]2OC(=O)CC(C)C)[C@@H]1O. The Kier molecular flexibility index (Phi) is 14.4. The number of allylic oxidation sites excluding steroid dienone is 2. The van der Waals surface area contributed by atoms with Gasteiger partial charge in [0.1, 0.15) is 18.3 Å². The number of esters is 3. The summed E-state index contributed by atoms with van der Waals surface area (Å²) in [5.74, 6) is -2.30. The first-order valence-corrected chi connectivity index (χ1v) is 17.1. The second-order valence-corrected chi connectivity index (χ2v) is 13.7. The molecule has 280 valence electrons. The molecule has 2 fully saturated rings. The van der Waals surface area contributed by atoms with Crippen LogP contribution in [0.15, 0.2) is 35.4 Å². The zero-order chi connectivity index (χ0) is 37.6. The Hall–Kier alpha value is -3.49. The molecule has 0 spiro atoms. The summed E-state index contributed by atoms with van der Waals surface area (Å²) in [5, 5.41) is 33.4. The van der Waals surface area contributed by atoms with Gasteiger partial charge in [-0.2, -0.15) is 0 Å². The molecule has 1 aromatic carbocycles. The van der Waals surface area contributed by atoms with Crippen molar-refractivity contribution in [2.75, 3.05) is 0 Å². The number of aliphatic hydroxyl groups is 2. The van der Waals surface area contributed by atoms with Crippen LogP contribution in [0.2, 0.25) is 0 Å². The molecule has 13 nitrogen and oxygen atoms in total. The smallest absolute Gasteiger partial charge is 0.333 e. The lowest BCUT2D eigenvalue weighted by Crippen LogP contribution is -2.65. The van der Waals surface area contributed by atoms with Crippen LogP contribution in [0.3, 0.4) is 0 Å². The molecule has 13 heteroatoms. The maximum atomic E-state index is 13.3. The average molecular weight is 707 g/mol. The predicted octanol–water partition coefficient (Wildman–Crippen LogP) is 4.51. The monoisotopic (exact) mass is 706 g/mol. The summed E-state index contributed by atoms with van der Waals surface area (Å²) in [6.07, 6.45) is -10.6. The molecule has 0 aliphatic carbocycles. The Morgan fingerprint density at radius 1 is 0.800 bits per heavy atom. The van der Waals surface area contributed by atoms with Crippen LogP contribution in [0.1, 0.15) is 92.7 Å². The van der Waals surface area contributed by atoms with Gasteiger partial charge in [-0.05, 0) is 65.9 Å². The fraction of sp³-hybridized carbons (Fsp3) is 0.649. The second kappa shape index (κ2) is 17.6. The van der Waals surface area contributed by atoms with Gasteiger partial charge >= 0.3 is 17.9 Å². The van der Waals surface area contributed by atoms with E-state index in [1.807, 2.05) is 33.8 Å². The molecule has 2 saturated heterocycles. The number of phenols is 1. The highest BCUT2D eigenvalue weighted by molar-refractivity contribution is 5.88. The summed E-state index contributed by atoms with van der Waals surface area (Å²) in [6, 6.07) is 3.57. The third kappa shape index (κ3) is 9.64. The van der Waals surface area contributed by atoms with Crippen molar-refractivity contribution in [3.8, 4) is 11.5 Å². The maximum Gasteiger partial charge on any atom is 0.333 e. The van der Waals surface area contributed by atoms with Crippen molar-refractivity contribution in [1.29, 1.82) is 0 Å². The number of rotatable bonds is 12. The van der Waals surface area contributed by atoms with Crippen LogP contribution in [0.4, 0.5) is 0 Å². The molecule has 0 saturated carbocycles. The maximum absolute atomic E-state index is 13.3. The summed E-state index contributed by atoms with van der Waals surface area (Å²) in [5.41, 5.74) is 1.72. The van der Waals surface area contributed by atoms with Crippen LogP contribution in [0, 0.1) is 12.8 Å². The first kappa shape index (κ1) is 40.9. The summed E-state index contributed by atoms with van der Waals surface area (Å²) in [7, 11) is 0. The quantitative estimate of drug-likeness (QED) is 0.157. The molecule has 50 heavy (non-hydrogen) atoms. The number of phenolic OH excluding ortho intramolecular Hbond substituents is 1. The van der Waals surface area contributed by atoms with Crippen LogP contribution in [0.5, 0.6) is 11.5 Å². The first-order chi connectivity index (χ1) is 23.4. The third-order valence-corrected chi connectivity index (χ3v) is 8.86. The second-order valence-electron chi connectivity index (χ2n) is 13.7. The molecule has 2 aliphatic heterocycles. The first-order valence-electron chi connectivity index (χ1n) is 17.1. The van der Waals surface area contributed by atoms with Crippen molar-refractivity contribution < 1.29 is 62.9 Å². The molecule has 2 heterocycles. The highest BCUT2D eigenvalue weighted by Crippen LogP contribution is 2.41. The van der Waals surface area contributed by atoms with Gasteiger partial charge in [0.15, 0.2) is 36.1 Å². The topological polar surface area (TPSA) is 177 Å². The third-order valence-electron chi connectivity index (χ3n) is 8.86. The van der Waals surface area contributed by atoms with E-state index in [1.165, 1.54) is 19.9 Å². The summed E-state index contributed by atoms with van der Waals surface area (Å²) >= 11 is 0. The van der Waals surface area contributed by atoms with E-state index in [1.54, 1.807) is 46.8 Å². The van der Waals surface area contributed by atoms with Gasteiger partial charge in [0, 0.05) is 23.1 Å². The van der Waals surface area contributed by atoms with E-state index in [4.69, 9.17) is 33.2 Å². The van der Waals surface area contributed by atoms with Crippen LogP contribution in [-0.4, -0.2) is 94.6 Å².